The molecule has 0 aliphatic carbocycles. The molecule has 1 aromatic heterocycles. The number of hydrogen-bond donors (Lipinski definition) is 3. The van der Waals surface area contributed by atoms with Crippen LogP contribution < -0.4 is 16.7 Å². The molecule has 0 aliphatic heterocycles. The van der Waals surface area contributed by atoms with Gasteiger partial charge in [0.05, 0.1) is 31.9 Å². The number of nitrogen functional groups attached to an aromatic ring is 1. The van der Waals surface area contributed by atoms with E-state index < -0.39 is 36.6 Å². The molecule has 4 N–H and O–H groups in total. The number of carbonyl (C=O) groups is 1. The van der Waals surface area contributed by atoms with Crippen LogP contribution in [0.1, 0.15) is 25.1 Å². The molecule has 1 aromatic rings. The topological polar surface area (TPSA) is 129 Å². The molecule has 0 aromatic carbocycles. The molecular formula is C18H23F3N4O5. The zero-order chi connectivity index (χ0) is 22.7. The summed E-state index contributed by atoms with van der Waals surface area (Å²) in [7, 11) is 0. The van der Waals surface area contributed by atoms with Crippen molar-refractivity contribution in [1.29, 1.82) is 0 Å². The average molecular weight is 432 g/mol. The van der Waals surface area contributed by atoms with Gasteiger partial charge in [-0.05, 0) is 6.42 Å². The van der Waals surface area contributed by atoms with Gasteiger partial charge in [0.2, 0.25) is 0 Å². The second kappa shape index (κ2) is 12.0. The lowest BCUT2D eigenvalue weighted by atomic mass is 10.3. The molecule has 1 amide bonds. The van der Waals surface area contributed by atoms with Gasteiger partial charge in [-0.1, -0.05) is 24.8 Å². The molecule has 0 saturated carbocycles. The fraction of sp³-hybridized carbons (Fsp3) is 0.500. The first-order chi connectivity index (χ1) is 14.1. The van der Waals surface area contributed by atoms with Crippen LogP contribution in [-0.4, -0.2) is 59.2 Å². The van der Waals surface area contributed by atoms with Crippen LogP contribution in [0, 0.1) is 11.8 Å². The van der Waals surface area contributed by atoms with Gasteiger partial charge in [0.25, 0.3) is 0 Å². The lowest BCUT2D eigenvalue weighted by Crippen LogP contribution is -2.36. The Morgan fingerprint density at radius 3 is 2.80 bits per heavy atom. The van der Waals surface area contributed by atoms with Crippen LogP contribution in [0.5, 0.6) is 0 Å². The molecule has 0 unspecified atom stereocenters. The van der Waals surface area contributed by atoms with Crippen LogP contribution in [0.4, 0.5) is 19.0 Å². The van der Waals surface area contributed by atoms with E-state index in [1.807, 2.05) is 0 Å². The Morgan fingerprint density at radius 2 is 2.23 bits per heavy atom. The number of ether oxygens (including phenoxy) is 2. The molecule has 166 valence electrons. The zero-order valence-electron chi connectivity index (χ0n) is 16.2. The predicted octanol–water partition coefficient (Wildman–Crippen LogP) is 0.344. The lowest BCUT2D eigenvalue weighted by molar-refractivity contribution is -0.173. The Bertz CT molecular complexity index is 845. The third-order valence-electron chi connectivity index (χ3n) is 3.55. The summed E-state index contributed by atoms with van der Waals surface area (Å²) in [5, 5.41) is 11.0. The average Bonchev–Trinajstić information content (AvgIpc) is 2.68. The van der Waals surface area contributed by atoms with Crippen LogP contribution in [0.2, 0.25) is 0 Å². The molecule has 0 spiro atoms. The third kappa shape index (κ3) is 7.86. The van der Waals surface area contributed by atoms with E-state index in [0.29, 0.717) is 6.42 Å². The summed E-state index contributed by atoms with van der Waals surface area (Å²) in [6.45, 7) is 4.59. The number of rotatable bonds is 10. The number of carbonyl (C=O) groups excluding carboxylic acids is 1. The highest BCUT2D eigenvalue weighted by Gasteiger charge is 2.38. The first-order valence-electron chi connectivity index (χ1n) is 8.81. The molecule has 30 heavy (non-hydrogen) atoms. The van der Waals surface area contributed by atoms with E-state index in [2.05, 4.69) is 23.4 Å². The van der Waals surface area contributed by atoms with E-state index in [1.165, 1.54) is 12.3 Å². The number of anilines is 1. The SMILES string of the molecule is C=CCOC[C@@H](CO)O[C@H](CC)n1cc(C#CCNC(=O)C(F)(F)F)c(N)nc1=O. The molecule has 0 radical (unpaired) electrons. The highest BCUT2D eigenvalue weighted by atomic mass is 19.4. The number of aliphatic hydroxyl groups is 1. The van der Waals surface area contributed by atoms with Crippen molar-refractivity contribution >= 4 is 11.7 Å². The number of hydrogen-bond acceptors (Lipinski definition) is 7. The molecular weight excluding hydrogens is 409 g/mol. The third-order valence-corrected chi connectivity index (χ3v) is 3.55. The minimum atomic E-state index is -5.01. The van der Waals surface area contributed by atoms with Crippen molar-refractivity contribution in [3.05, 3.63) is 34.9 Å². The summed E-state index contributed by atoms with van der Waals surface area (Å²) in [6.07, 6.45) is -3.48. The number of aliphatic hydroxyl groups excluding tert-OH is 1. The van der Waals surface area contributed by atoms with Crippen LogP contribution in [0.3, 0.4) is 0 Å². The smallest absolute Gasteiger partial charge is 0.394 e. The van der Waals surface area contributed by atoms with Gasteiger partial charge >= 0.3 is 17.8 Å². The molecule has 0 bridgehead atoms. The van der Waals surface area contributed by atoms with Gasteiger partial charge in [-0.25, -0.2) is 4.79 Å². The van der Waals surface area contributed by atoms with Crippen LogP contribution in [0.25, 0.3) is 0 Å². The van der Waals surface area contributed by atoms with Gasteiger partial charge in [-0.15, -0.1) is 6.58 Å². The quantitative estimate of drug-likeness (QED) is 0.276. The van der Waals surface area contributed by atoms with E-state index in [-0.39, 0.29) is 31.2 Å². The first-order valence-corrected chi connectivity index (χ1v) is 8.81. The Kier molecular flexibility index (Phi) is 10.0. The summed E-state index contributed by atoms with van der Waals surface area (Å²) in [5.74, 6) is 2.41. The Hall–Kier alpha value is -2.88. The van der Waals surface area contributed by atoms with Gasteiger partial charge in [-0.2, -0.15) is 18.2 Å². The van der Waals surface area contributed by atoms with Crippen molar-refractivity contribution < 1.29 is 32.5 Å². The molecule has 2 atom stereocenters. The highest BCUT2D eigenvalue weighted by Crippen LogP contribution is 2.16. The van der Waals surface area contributed by atoms with Gasteiger partial charge < -0.3 is 25.6 Å². The monoisotopic (exact) mass is 432 g/mol. The molecule has 0 saturated heterocycles. The molecule has 1 heterocycles. The Morgan fingerprint density at radius 1 is 1.53 bits per heavy atom. The summed E-state index contributed by atoms with van der Waals surface area (Å²) < 4.78 is 48.5. The fourth-order valence-electron chi connectivity index (χ4n) is 2.15. The van der Waals surface area contributed by atoms with Gasteiger partial charge in [0, 0.05) is 6.20 Å². The van der Waals surface area contributed by atoms with E-state index in [4.69, 9.17) is 15.2 Å². The lowest BCUT2D eigenvalue weighted by Gasteiger charge is -2.24. The van der Waals surface area contributed by atoms with Crippen LogP contribution >= 0.6 is 0 Å². The van der Waals surface area contributed by atoms with Crippen molar-refractivity contribution in [2.24, 2.45) is 0 Å². The summed E-state index contributed by atoms with van der Waals surface area (Å²) in [4.78, 5) is 26.6. The molecule has 0 fully saturated rings. The van der Waals surface area contributed by atoms with Crippen molar-refractivity contribution in [2.45, 2.75) is 31.9 Å². The Balaban J connectivity index is 2.97. The fourth-order valence-corrected chi connectivity index (χ4v) is 2.15. The number of alkyl halides is 3. The second-order valence-corrected chi connectivity index (χ2v) is 5.84. The number of nitrogens with zero attached hydrogens (tertiary/aromatic N) is 2. The maximum atomic E-state index is 12.2. The predicted molar refractivity (Wildman–Crippen MR) is 101 cm³/mol. The summed E-state index contributed by atoms with van der Waals surface area (Å²) >= 11 is 0. The van der Waals surface area contributed by atoms with Gasteiger partial charge in [0.15, 0.2) is 0 Å². The van der Waals surface area contributed by atoms with E-state index in [9.17, 15) is 27.9 Å². The minimum Gasteiger partial charge on any atom is -0.394 e. The molecule has 1 rings (SSSR count). The normalized spacial score (nSPS) is 13.1. The van der Waals surface area contributed by atoms with E-state index >= 15 is 0 Å². The minimum absolute atomic E-state index is 0.0568. The number of nitrogens with two attached hydrogens (primary N) is 1. The number of aromatic nitrogens is 2. The van der Waals surface area contributed by atoms with Crippen LogP contribution in [0.15, 0.2) is 23.6 Å². The molecule has 0 aliphatic rings. The van der Waals surface area contributed by atoms with Gasteiger partial charge in [-0.3, -0.25) is 9.36 Å². The highest BCUT2D eigenvalue weighted by molar-refractivity contribution is 5.81. The molecule has 9 nitrogen and oxygen atoms in total. The summed E-state index contributed by atoms with van der Waals surface area (Å²) in [6, 6.07) is 0. The maximum Gasteiger partial charge on any atom is 0.471 e. The summed E-state index contributed by atoms with van der Waals surface area (Å²) in [5.41, 5.74) is 4.97. The number of nitrogens with one attached hydrogen (secondary N) is 1. The Labute approximate surface area is 170 Å². The second-order valence-electron chi connectivity index (χ2n) is 5.84. The van der Waals surface area contributed by atoms with Crippen molar-refractivity contribution in [3.8, 4) is 11.8 Å². The standard InChI is InChI=1S/C18H23F3N4O5/c1-3-8-29-11-13(10-26)30-14(4-2)25-9-12(15(22)24-17(25)28)6-5-7-23-16(27)18(19,20)21/h3,9,13-14,26H,1,4,7-8,10-11H2,2H3,(H,23,27)(H2,22,24,28)/t13-,14-/m1/s1. The van der Waals surface area contributed by atoms with Gasteiger partial charge in [0.1, 0.15) is 18.1 Å². The van der Waals surface area contributed by atoms with Crippen molar-refractivity contribution in [3.63, 3.8) is 0 Å². The maximum absolute atomic E-state index is 12.2. The van der Waals surface area contributed by atoms with E-state index in [0.717, 1.165) is 4.57 Å². The van der Waals surface area contributed by atoms with Crippen molar-refractivity contribution in [2.75, 3.05) is 32.1 Å². The zero-order valence-corrected chi connectivity index (χ0v) is 16.2. The van der Waals surface area contributed by atoms with E-state index in [1.54, 1.807) is 12.2 Å². The number of amides is 1. The van der Waals surface area contributed by atoms with Crippen LogP contribution in [-0.2, 0) is 14.3 Å². The first kappa shape index (κ1) is 25.2. The largest absolute Gasteiger partial charge is 0.471 e. The molecule has 12 heteroatoms. The van der Waals surface area contributed by atoms with Crippen molar-refractivity contribution in [1.82, 2.24) is 14.9 Å². The number of halogens is 3.